The number of ketones is 1. The van der Waals surface area contributed by atoms with Crippen LogP contribution in [0.2, 0.25) is 0 Å². The second kappa shape index (κ2) is 5.91. The first-order chi connectivity index (χ1) is 7.08. The van der Waals surface area contributed by atoms with E-state index < -0.39 is 0 Å². The first-order valence-corrected chi connectivity index (χ1v) is 5.65. The molecule has 15 heavy (non-hydrogen) atoms. The number of piperidine rings is 1. The molecule has 86 valence electrons. The summed E-state index contributed by atoms with van der Waals surface area (Å²) in [5.41, 5.74) is 0. The average Bonchev–Trinajstić information content (AvgIpc) is 2.19. The van der Waals surface area contributed by atoms with Gasteiger partial charge in [-0.2, -0.15) is 0 Å². The Balaban J connectivity index is 2.26. The number of hydrogen-bond acceptors (Lipinski definition) is 3. The molecule has 0 atom stereocenters. The highest BCUT2D eigenvalue weighted by atomic mass is 16.1. The maximum Gasteiger partial charge on any atom is 0.154 e. The molecule has 0 radical (unpaired) electrons. The summed E-state index contributed by atoms with van der Waals surface area (Å²) >= 11 is 0. The highest BCUT2D eigenvalue weighted by Gasteiger charge is 2.16. The fourth-order valence-corrected chi connectivity index (χ4v) is 1.94. The van der Waals surface area contributed by atoms with Gasteiger partial charge in [-0.25, -0.2) is 0 Å². The summed E-state index contributed by atoms with van der Waals surface area (Å²) in [6, 6.07) is 0. The van der Waals surface area contributed by atoms with Gasteiger partial charge in [-0.3, -0.25) is 4.79 Å². The van der Waals surface area contributed by atoms with Crippen LogP contribution in [0.15, 0.2) is 12.3 Å². The van der Waals surface area contributed by atoms with Gasteiger partial charge in [0.2, 0.25) is 0 Å². The SMILES string of the molecule is CC(=O)/C=C/N(C)CC1CCN(C)CC1. The smallest absolute Gasteiger partial charge is 0.154 e. The molecule has 0 aliphatic carbocycles. The first kappa shape index (κ1) is 12.2. The van der Waals surface area contributed by atoms with Crippen molar-refractivity contribution >= 4 is 5.78 Å². The summed E-state index contributed by atoms with van der Waals surface area (Å²) in [6.45, 7) is 5.06. The van der Waals surface area contributed by atoms with Crippen molar-refractivity contribution in [1.82, 2.24) is 9.80 Å². The van der Waals surface area contributed by atoms with Crippen molar-refractivity contribution in [1.29, 1.82) is 0 Å². The molecule has 3 nitrogen and oxygen atoms in total. The van der Waals surface area contributed by atoms with Crippen molar-refractivity contribution in [2.24, 2.45) is 5.92 Å². The molecule has 0 spiro atoms. The third-order valence-electron chi connectivity index (χ3n) is 2.95. The molecule has 1 saturated heterocycles. The van der Waals surface area contributed by atoms with E-state index in [2.05, 4.69) is 16.8 Å². The van der Waals surface area contributed by atoms with Gasteiger partial charge in [-0.05, 0) is 51.9 Å². The summed E-state index contributed by atoms with van der Waals surface area (Å²) < 4.78 is 0. The lowest BCUT2D eigenvalue weighted by Crippen LogP contribution is -2.34. The standard InChI is InChI=1S/C12H22N2O/c1-11(15)4-7-14(3)10-12-5-8-13(2)9-6-12/h4,7,12H,5-6,8-10H2,1-3H3/b7-4+. The Kier molecular flexibility index (Phi) is 4.82. The number of hydrogen-bond donors (Lipinski definition) is 0. The van der Waals surface area contributed by atoms with Gasteiger partial charge in [0.1, 0.15) is 0 Å². The van der Waals surface area contributed by atoms with Crippen molar-refractivity contribution < 1.29 is 4.79 Å². The minimum atomic E-state index is 0.116. The van der Waals surface area contributed by atoms with Crippen LogP contribution in [0.1, 0.15) is 19.8 Å². The van der Waals surface area contributed by atoms with Crippen LogP contribution in [0, 0.1) is 5.92 Å². The first-order valence-electron chi connectivity index (χ1n) is 5.65. The van der Waals surface area contributed by atoms with E-state index in [1.54, 1.807) is 13.0 Å². The van der Waals surface area contributed by atoms with Crippen molar-refractivity contribution in [3.63, 3.8) is 0 Å². The summed E-state index contributed by atoms with van der Waals surface area (Å²) in [7, 11) is 4.22. The monoisotopic (exact) mass is 210 g/mol. The van der Waals surface area contributed by atoms with Gasteiger partial charge in [0.25, 0.3) is 0 Å². The van der Waals surface area contributed by atoms with Crippen molar-refractivity contribution in [2.75, 3.05) is 33.7 Å². The number of rotatable bonds is 4. The van der Waals surface area contributed by atoms with Gasteiger partial charge in [-0.15, -0.1) is 0 Å². The average molecular weight is 210 g/mol. The molecule has 0 bridgehead atoms. The molecule has 1 rings (SSSR count). The molecule has 0 aromatic carbocycles. The van der Waals surface area contributed by atoms with E-state index in [0.717, 1.165) is 12.5 Å². The molecule has 0 aromatic rings. The zero-order valence-corrected chi connectivity index (χ0v) is 10.1. The fourth-order valence-electron chi connectivity index (χ4n) is 1.94. The molecule has 1 heterocycles. The molecular weight excluding hydrogens is 188 g/mol. The predicted molar refractivity (Wildman–Crippen MR) is 62.7 cm³/mol. The van der Waals surface area contributed by atoms with E-state index >= 15 is 0 Å². The highest BCUT2D eigenvalue weighted by Crippen LogP contribution is 2.16. The Morgan fingerprint density at radius 3 is 2.60 bits per heavy atom. The molecule has 1 aliphatic rings. The molecule has 0 N–H and O–H groups in total. The molecule has 3 heteroatoms. The summed E-state index contributed by atoms with van der Waals surface area (Å²) in [4.78, 5) is 15.3. The predicted octanol–water partition coefficient (Wildman–Crippen LogP) is 1.36. The molecule has 0 unspecified atom stereocenters. The maximum absolute atomic E-state index is 10.8. The number of nitrogens with zero attached hydrogens (tertiary/aromatic N) is 2. The minimum Gasteiger partial charge on any atom is -0.380 e. The Hall–Kier alpha value is -0.830. The van der Waals surface area contributed by atoms with Crippen LogP contribution in [-0.2, 0) is 4.79 Å². The molecular formula is C12H22N2O. The van der Waals surface area contributed by atoms with Gasteiger partial charge in [0.05, 0.1) is 0 Å². The largest absolute Gasteiger partial charge is 0.380 e. The number of likely N-dealkylation sites (tertiary alicyclic amines) is 1. The normalized spacial score (nSPS) is 19.7. The van der Waals surface area contributed by atoms with Gasteiger partial charge in [0.15, 0.2) is 5.78 Å². The highest BCUT2D eigenvalue weighted by molar-refractivity contribution is 5.87. The second-order valence-corrected chi connectivity index (χ2v) is 4.61. The van der Waals surface area contributed by atoms with Gasteiger partial charge < -0.3 is 9.80 Å². The van der Waals surface area contributed by atoms with Gasteiger partial charge in [-0.1, -0.05) is 0 Å². The van der Waals surface area contributed by atoms with Crippen molar-refractivity contribution in [2.45, 2.75) is 19.8 Å². The quantitative estimate of drug-likeness (QED) is 0.655. The van der Waals surface area contributed by atoms with E-state index in [1.165, 1.54) is 25.9 Å². The van der Waals surface area contributed by atoms with Crippen LogP contribution in [0.3, 0.4) is 0 Å². The van der Waals surface area contributed by atoms with Crippen LogP contribution in [0.4, 0.5) is 0 Å². The molecule has 1 fully saturated rings. The van der Waals surface area contributed by atoms with Gasteiger partial charge >= 0.3 is 0 Å². The lowest BCUT2D eigenvalue weighted by Gasteiger charge is -2.31. The van der Waals surface area contributed by atoms with E-state index in [-0.39, 0.29) is 5.78 Å². The van der Waals surface area contributed by atoms with Crippen molar-refractivity contribution in [3.8, 4) is 0 Å². The Morgan fingerprint density at radius 1 is 1.47 bits per heavy atom. The van der Waals surface area contributed by atoms with E-state index in [1.807, 2.05) is 13.2 Å². The number of allylic oxidation sites excluding steroid dienone is 1. The zero-order valence-electron chi connectivity index (χ0n) is 10.1. The van der Waals surface area contributed by atoms with Crippen LogP contribution >= 0.6 is 0 Å². The van der Waals surface area contributed by atoms with E-state index in [4.69, 9.17) is 0 Å². The van der Waals surface area contributed by atoms with Crippen LogP contribution in [0.5, 0.6) is 0 Å². The lowest BCUT2D eigenvalue weighted by molar-refractivity contribution is -0.112. The lowest BCUT2D eigenvalue weighted by atomic mass is 9.97. The summed E-state index contributed by atoms with van der Waals surface area (Å²) in [5.74, 6) is 0.896. The zero-order chi connectivity index (χ0) is 11.3. The fraction of sp³-hybridized carbons (Fsp3) is 0.750. The molecule has 0 saturated carbocycles. The molecule has 1 aliphatic heterocycles. The number of carbonyl (C=O) groups is 1. The Morgan fingerprint density at radius 2 is 2.07 bits per heavy atom. The van der Waals surface area contributed by atoms with E-state index in [0.29, 0.717) is 0 Å². The topological polar surface area (TPSA) is 23.6 Å². The van der Waals surface area contributed by atoms with E-state index in [9.17, 15) is 4.79 Å². The van der Waals surface area contributed by atoms with Gasteiger partial charge in [0, 0.05) is 19.8 Å². The second-order valence-electron chi connectivity index (χ2n) is 4.61. The minimum absolute atomic E-state index is 0.116. The molecule has 0 aromatic heterocycles. The Bertz CT molecular complexity index is 230. The number of carbonyl (C=O) groups excluding carboxylic acids is 1. The van der Waals surface area contributed by atoms with Crippen LogP contribution < -0.4 is 0 Å². The van der Waals surface area contributed by atoms with Crippen LogP contribution in [-0.4, -0.2) is 49.3 Å². The molecule has 0 amide bonds. The van der Waals surface area contributed by atoms with Crippen LogP contribution in [0.25, 0.3) is 0 Å². The summed E-state index contributed by atoms with van der Waals surface area (Å²) in [5, 5.41) is 0. The third-order valence-corrected chi connectivity index (χ3v) is 2.95. The summed E-state index contributed by atoms with van der Waals surface area (Å²) in [6.07, 6.45) is 6.07. The van der Waals surface area contributed by atoms with Crippen molar-refractivity contribution in [3.05, 3.63) is 12.3 Å². The Labute approximate surface area is 92.7 Å². The maximum atomic E-state index is 10.8. The third kappa shape index (κ3) is 4.98.